The average Bonchev–Trinajstić information content (AvgIpc) is 3.09. The molecule has 0 radical (unpaired) electrons. The Hall–Kier alpha value is -4.12. The maximum absolute atomic E-state index is 12.8. The van der Waals surface area contributed by atoms with E-state index in [4.69, 9.17) is 4.74 Å². The molecule has 0 unspecified atom stereocenters. The van der Waals surface area contributed by atoms with Gasteiger partial charge >= 0.3 is 0 Å². The minimum absolute atomic E-state index is 0.0108. The molecule has 0 fully saturated rings. The highest BCUT2D eigenvalue weighted by molar-refractivity contribution is 9.11. The Kier molecular flexibility index (Phi) is 14.3. The lowest BCUT2D eigenvalue weighted by atomic mass is 10.0. The van der Waals surface area contributed by atoms with Crippen molar-refractivity contribution in [3.05, 3.63) is 106 Å². The molecule has 0 atom stereocenters. The standard InChI is InChI=1S/C35H32Br4N4O8/c1-18-10-21(15-27(42-49)34(47)40-8-6-19-2-4-29(44)23(36)11-19)14-26(39)33(18)51-31-17-22(13-25(38)32(31)46)16-28(43-50)35(48)41-9-7-20-3-5-30(45)24(37)12-20/h2-5,10-14,17,44-46,49-50H,6-9,15-16H2,1H3,(H,40,47)(H,41,48)/b42-27?,43-28+. The number of halogens is 4. The Bertz CT molecular complexity index is 1980. The number of nitrogens with one attached hydrogen (secondary N) is 2. The second-order valence-electron chi connectivity index (χ2n) is 11.3. The van der Waals surface area contributed by atoms with Crippen molar-refractivity contribution in [2.75, 3.05) is 13.1 Å². The number of amides is 2. The molecule has 0 aliphatic rings. The fourth-order valence-corrected chi connectivity index (χ4v) is 6.95. The molecule has 268 valence electrons. The van der Waals surface area contributed by atoms with Crippen LogP contribution in [0.15, 0.2) is 88.9 Å². The van der Waals surface area contributed by atoms with E-state index in [-0.39, 0.29) is 64.8 Å². The number of aryl methyl sites for hydroxylation is 1. The average molecular weight is 956 g/mol. The molecule has 51 heavy (non-hydrogen) atoms. The molecule has 4 rings (SSSR count). The van der Waals surface area contributed by atoms with Gasteiger partial charge in [0, 0.05) is 25.9 Å². The number of rotatable bonds is 14. The summed E-state index contributed by atoms with van der Waals surface area (Å²) in [6.45, 7) is 2.29. The number of benzene rings is 4. The van der Waals surface area contributed by atoms with E-state index in [1.165, 1.54) is 6.07 Å². The van der Waals surface area contributed by atoms with Gasteiger partial charge in [-0.3, -0.25) is 9.59 Å². The van der Waals surface area contributed by atoms with Crippen LogP contribution in [0.1, 0.15) is 27.8 Å². The fourth-order valence-electron chi connectivity index (χ4n) is 4.92. The molecule has 0 saturated carbocycles. The van der Waals surface area contributed by atoms with E-state index in [1.54, 1.807) is 61.5 Å². The molecule has 0 aliphatic carbocycles. The number of oxime groups is 2. The lowest BCUT2D eigenvalue weighted by Gasteiger charge is -2.16. The third-order valence-electron chi connectivity index (χ3n) is 7.52. The first-order chi connectivity index (χ1) is 24.3. The molecule has 7 N–H and O–H groups in total. The molecule has 4 aromatic rings. The van der Waals surface area contributed by atoms with Gasteiger partial charge in [0.2, 0.25) is 0 Å². The van der Waals surface area contributed by atoms with Gasteiger partial charge in [-0.05, 0) is 154 Å². The van der Waals surface area contributed by atoms with Crippen LogP contribution in [0.25, 0.3) is 0 Å². The van der Waals surface area contributed by atoms with Crippen LogP contribution in [0.5, 0.6) is 28.7 Å². The minimum Gasteiger partial charge on any atom is -0.507 e. The molecule has 0 aromatic heterocycles. The molecule has 16 heteroatoms. The molecule has 2 amide bonds. The van der Waals surface area contributed by atoms with Crippen molar-refractivity contribution in [3.8, 4) is 28.7 Å². The molecular formula is C35H32Br4N4O8. The van der Waals surface area contributed by atoms with Gasteiger partial charge in [0.1, 0.15) is 28.7 Å². The highest BCUT2D eigenvalue weighted by Gasteiger charge is 2.20. The van der Waals surface area contributed by atoms with Gasteiger partial charge in [-0.1, -0.05) is 28.5 Å². The minimum atomic E-state index is -0.582. The number of hydrogen-bond acceptors (Lipinski definition) is 10. The van der Waals surface area contributed by atoms with Gasteiger partial charge in [0.25, 0.3) is 11.8 Å². The molecule has 12 nitrogen and oxygen atoms in total. The van der Waals surface area contributed by atoms with Crippen molar-refractivity contribution in [1.29, 1.82) is 0 Å². The van der Waals surface area contributed by atoms with Crippen LogP contribution in [0.4, 0.5) is 0 Å². The van der Waals surface area contributed by atoms with Crippen LogP contribution >= 0.6 is 63.7 Å². The quantitative estimate of drug-likeness (QED) is 0.0386. The van der Waals surface area contributed by atoms with E-state index in [0.29, 0.717) is 48.7 Å². The number of aromatic hydroxyl groups is 3. The summed E-state index contributed by atoms with van der Waals surface area (Å²) in [4.78, 5) is 25.6. The normalized spacial score (nSPS) is 11.7. The van der Waals surface area contributed by atoms with Crippen LogP contribution in [-0.4, -0.2) is 62.1 Å². The smallest absolute Gasteiger partial charge is 0.269 e. The van der Waals surface area contributed by atoms with Crippen molar-refractivity contribution < 1.29 is 40.1 Å². The van der Waals surface area contributed by atoms with E-state index in [2.05, 4.69) is 84.7 Å². The lowest BCUT2D eigenvalue weighted by Crippen LogP contribution is -2.33. The van der Waals surface area contributed by atoms with Crippen LogP contribution in [0.2, 0.25) is 0 Å². The van der Waals surface area contributed by atoms with Gasteiger partial charge in [0.15, 0.2) is 11.5 Å². The van der Waals surface area contributed by atoms with Gasteiger partial charge in [0.05, 0.1) is 17.9 Å². The number of carbonyl (C=O) groups excluding carboxylic acids is 2. The van der Waals surface area contributed by atoms with E-state index in [0.717, 1.165) is 11.1 Å². The number of phenols is 3. The summed E-state index contributed by atoms with van der Waals surface area (Å²) in [7, 11) is 0. The van der Waals surface area contributed by atoms with Crippen molar-refractivity contribution in [2.45, 2.75) is 32.6 Å². The van der Waals surface area contributed by atoms with Gasteiger partial charge in [-0.15, -0.1) is 0 Å². The molecule has 0 heterocycles. The summed E-state index contributed by atoms with van der Waals surface area (Å²) in [6.07, 6.45) is 0.892. The number of hydrogen-bond donors (Lipinski definition) is 7. The van der Waals surface area contributed by atoms with E-state index in [9.17, 15) is 35.3 Å². The third kappa shape index (κ3) is 10.9. The van der Waals surface area contributed by atoms with Gasteiger partial charge in [-0.25, -0.2) is 0 Å². The van der Waals surface area contributed by atoms with E-state index >= 15 is 0 Å². The number of ether oxygens (including phenoxy) is 1. The van der Waals surface area contributed by atoms with Crippen molar-refractivity contribution in [1.82, 2.24) is 10.6 Å². The summed E-state index contributed by atoms with van der Waals surface area (Å²) in [6, 6.07) is 16.6. The SMILES string of the molecule is Cc1cc(CC(=NO)C(=O)NCCc2ccc(O)c(Br)c2)cc(Br)c1Oc1cc(C/C(=N\O)C(=O)NCCc2ccc(O)c(Br)c2)cc(Br)c1O. The Morgan fingerprint density at radius 1 is 0.647 bits per heavy atom. The van der Waals surface area contributed by atoms with E-state index in [1.807, 2.05) is 0 Å². The van der Waals surface area contributed by atoms with Crippen LogP contribution in [-0.2, 0) is 35.3 Å². The first-order valence-electron chi connectivity index (χ1n) is 15.2. The number of nitrogens with zero attached hydrogens (tertiary/aromatic N) is 2. The monoisotopic (exact) mass is 952 g/mol. The predicted octanol–water partition coefficient (Wildman–Crippen LogP) is 7.42. The largest absolute Gasteiger partial charge is 0.507 e. The molecule has 0 bridgehead atoms. The number of phenolic OH excluding ortho intramolecular Hbond substituents is 3. The Morgan fingerprint density at radius 2 is 1.10 bits per heavy atom. The van der Waals surface area contributed by atoms with Gasteiger partial charge in [-0.2, -0.15) is 0 Å². The van der Waals surface area contributed by atoms with Crippen molar-refractivity contribution in [3.63, 3.8) is 0 Å². The van der Waals surface area contributed by atoms with Crippen LogP contribution in [0, 0.1) is 6.92 Å². The zero-order chi connectivity index (χ0) is 37.2. The van der Waals surface area contributed by atoms with Crippen molar-refractivity contribution >= 4 is 87.0 Å². The second kappa shape index (κ2) is 18.4. The van der Waals surface area contributed by atoms with Crippen LogP contribution in [0.3, 0.4) is 0 Å². The summed E-state index contributed by atoms with van der Waals surface area (Å²) in [5.41, 5.74) is 3.28. The zero-order valence-electron chi connectivity index (χ0n) is 26.9. The molecule has 0 saturated heterocycles. The highest BCUT2D eigenvalue weighted by atomic mass is 79.9. The molecule has 0 spiro atoms. The fraction of sp³-hybridized carbons (Fsp3) is 0.200. The maximum atomic E-state index is 12.8. The zero-order valence-corrected chi connectivity index (χ0v) is 33.2. The number of carbonyl (C=O) groups is 2. The second-order valence-corrected chi connectivity index (χ2v) is 14.7. The predicted molar refractivity (Wildman–Crippen MR) is 206 cm³/mol. The maximum Gasteiger partial charge on any atom is 0.269 e. The topological polar surface area (TPSA) is 193 Å². The first-order valence-corrected chi connectivity index (χ1v) is 18.4. The molecular weight excluding hydrogens is 924 g/mol. The van der Waals surface area contributed by atoms with Crippen LogP contribution < -0.4 is 15.4 Å². The summed E-state index contributed by atoms with van der Waals surface area (Å²) in [5.74, 6) is -0.679. The van der Waals surface area contributed by atoms with Gasteiger partial charge < -0.3 is 41.1 Å². The Balaban J connectivity index is 1.39. The van der Waals surface area contributed by atoms with Crippen molar-refractivity contribution in [2.24, 2.45) is 10.3 Å². The first kappa shape index (κ1) is 39.7. The van der Waals surface area contributed by atoms with E-state index < -0.39 is 11.8 Å². The highest BCUT2D eigenvalue weighted by Crippen LogP contribution is 2.42. The summed E-state index contributed by atoms with van der Waals surface area (Å²) >= 11 is 13.3. The molecule has 4 aromatic carbocycles. The Morgan fingerprint density at radius 3 is 1.55 bits per heavy atom. The summed E-state index contributed by atoms with van der Waals surface area (Å²) < 4.78 is 7.97. The Labute approximate surface area is 326 Å². The third-order valence-corrected chi connectivity index (χ3v) is 9.98. The summed E-state index contributed by atoms with van der Waals surface area (Å²) in [5, 5.41) is 61.2. The lowest BCUT2D eigenvalue weighted by molar-refractivity contribution is -0.115. The molecule has 0 aliphatic heterocycles.